The summed E-state index contributed by atoms with van der Waals surface area (Å²) in [5.74, 6) is -1.75. The van der Waals surface area contributed by atoms with E-state index in [1.54, 1.807) is 30.3 Å². The maximum Gasteiger partial charge on any atom is 0.355 e. The van der Waals surface area contributed by atoms with Crippen LogP contribution in [0.25, 0.3) is 21.9 Å². The molecule has 1 N–H and O–H groups in total. The largest absolute Gasteiger partial charge is 0.478 e. The van der Waals surface area contributed by atoms with Crippen LogP contribution >= 0.6 is 11.6 Å². The number of hydrogen-bond acceptors (Lipinski definition) is 4. The van der Waals surface area contributed by atoms with E-state index in [2.05, 4.69) is 0 Å². The number of esters is 1. The summed E-state index contributed by atoms with van der Waals surface area (Å²) in [4.78, 5) is 37.7. The predicted molar refractivity (Wildman–Crippen MR) is 122 cm³/mol. The van der Waals surface area contributed by atoms with Crippen LogP contribution < -0.4 is 5.56 Å². The summed E-state index contributed by atoms with van der Waals surface area (Å²) in [7, 11) is 1.25. The Labute approximate surface area is 188 Å². The highest BCUT2D eigenvalue weighted by molar-refractivity contribution is 6.31. The molecule has 0 saturated heterocycles. The van der Waals surface area contributed by atoms with Gasteiger partial charge in [-0.2, -0.15) is 0 Å². The Bertz CT molecular complexity index is 1390. The molecule has 4 aromatic rings. The van der Waals surface area contributed by atoms with Crippen LogP contribution in [-0.2, 0) is 11.3 Å². The van der Waals surface area contributed by atoms with Gasteiger partial charge in [0.05, 0.1) is 19.2 Å². The number of carboxylic acid groups (broad SMARTS) is 1. The Morgan fingerprint density at radius 1 is 0.969 bits per heavy atom. The highest BCUT2D eigenvalue weighted by atomic mass is 35.5. The van der Waals surface area contributed by atoms with Gasteiger partial charge >= 0.3 is 11.9 Å². The number of halogens is 1. The third kappa shape index (κ3) is 3.88. The van der Waals surface area contributed by atoms with E-state index < -0.39 is 11.9 Å². The molecule has 1 heterocycles. The zero-order valence-corrected chi connectivity index (χ0v) is 17.8. The fourth-order valence-electron chi connectivity index (χ4n) is 3.72. The summed E-state index contributed by atoms with van der Waals surface area (Å²) in [6.45, 7) is 0.156. The number of nitrogens with zero attached hydrogens (tertiary/aromatic N) is 1. The highest BCUT2D eigenvalue weighted by Crippen LogP contribution is 2.33. The van der Waals surface area contributed by atoms with Crippen molar-refractivity contribution < 1.29 is 19.4 Å². The Hall–Kier alpha value is -3.90. The van der Waals surface area contributed by atoms with Gasteiger partial charge in [-0.3, -0.25) is 9.36 Å². The smallest absolute Gasteiger partial charge is 0.355 e. The number of aromatic nitrogens is 1. The van der Waals surface area contributed by atoms with Gasteiger partial charge in [0.2, 0.25) is 0 Å². The number of carbonyl (C=O) groups excluding carboxylic acids is 1. The first-order valence-corrected chi connectivity index (χ1v) is 10.1. The molecule has 0 aliphatic heterocycles. The lowest BCUT2D eigenvalue weighted by Crippen LogP contribution is -2.28. The molecule has 0 atom stereocenters. The monoisotopic (exact) mass is 447 g/mol. The first-order valence-electron chi connectivity index (χ1n) is 9.72. The van der Waals surface area contributed by atoms with E-state index in [9.17, 15) is 19.5 Å². The minimum absolute atomic E-state index is 0.0687. The SMILES string of the molecule is COC(=O)c1c(-c2ccc(C(=O)O)cc2)c2cc(Cl)ccc2c(=O)n1Cc1ccccc1. The Morgan fingerprint density at radius 2 is 1.66 bits per heavy atom. The van der Waals surface area contributed by atoms with Gasteiger partial charge in [-0.1, -0.05) is 54.1 Å². The first kappa shape index (κ1) is 21.3. The van der Waals surface area contributed by atoms with Crippen LogP contribution in [-0.4, -0.2) is 28.7 Å². The van der Waals surface area contributed by atoms with Crippen LogP contribution in [0.3, 0.4) is 0 Å². The molecule has 3 aromatic carbocycles. The van der Waals surface area contributed by atoms with Gasteiger partial charge in [-0.15, -0.1) is 0 Å². The number of carbonyl (C=O) groups is 2. The maximum atomic E-state index is 13.4. The summed E-state index contributed by atoms with van der Waals surface area (Å²) in [6.07, 6.45) is 0. The fraction of sp³-hybridized carbons (Fsp3) is 0.0800. The van der Waals surface area contributed by atoms with Crippen molar-refractivity contribution in [3.8, 4) is 11.1 Å². The molecule has 6 nitrogen and oxygen atoms in total. The predicted octanol–water partition coefficient (Wildman–Crippen LogP) is 4.86. The molecule has 0 aliphatic rings. The Balaban J connectivity index is 2.10. The standard InChI is InChI=1S/C25H18ClNO5/c1-32-25(31)22-21(16-7-9-17(10-8-16)24(29)30)20-13-18(26)11-12-19(20)23(28)27(22)14-15-5-3-2-4-6-15/h2-13H,14H2,1H3,(H,29,30). The molecular formula is C25H18ClNO5. The molecule has 0 spiro atoms. The zero-order valence-electron chi connectivity index (χ0n) is 17.0. The lowest BCUT2D eigenvalue weighted by Gasteiger charge is -2.19. The lowest BCUT2D eigenvalue weighted by atomic mass is 9.95. The number of aromatic carboxylic acids is 1. The van der Waals surface area contributed by atoms with E-state index in [4.69, 9.17) is 16.3 Å². The Kier molecular flexibility index (Phi) is 5.79. The second kappa shape index (κ2) is 8.69. The summed E-state index contributed by atoms with van der Waals surface area (Å²) >= 11 is 6.23. The van der Waals surface area contributed by atoms with Crippen LogP contribution in [0.1, 0.15) is 26.4 Å². The average Bonchev–Trinajstić information content (AvgIpc) is 2.80. The Morgan fingerprint density at radius 3 is 2.28 bits per heavy atom. The number of pyridine rings is 1. The van der Waals surface area contributed by atoms with Crippen LogP contribution in [0.2, 0.25) is 5.02 Å². The van der Waals surface area contributed by atoms with E-state index in [0.717, 1.165) is 5.56 Å². The van der Waals surface area contributed by atoms with Crippen molar-refractivity contribution >= 4 is 34.3 Å². The third-order valence-corrected chi connectivity index (χ3v) is 5.45. The number of rotatable bonds is 5. The molecule has 1 aromatic heterocycles. The van der Waals surface area contributed by atoms with Gasteiger partial charge < -0.3 is 9.84 Å². The zero-order chi connectivity index (χ0) is 22.8. The summed E-state index contributed by atoms with van der Waals surface area (Å²) < 4.78 is 6.43. The van der Waals surface area contributed by atoms with E-state index in [1.807, 2.05) is 30.3 Å². The number of methoxy groups -OCH3 is 1. The molecule has 0 fully saturated rings. The molecule has 7 heteroatoms. The molecule has 0 amide bonds. The minimum atomic E-state index is -1.06. The van der Waals surface area contributed by atoms with Gasteiger partial charge in [-0.05, 0) is 46.8 Å². The van der Waals surface area contributed by atoms with Gasteiger partial charge in [0.15, 0.2) is 0 Å². The summed E-state index contributed by atoms with van der Waals surface area (Å²) in [5, 5.41) is 10.5. The molecule has 4 rings (SSSR count). The second-order valence-corrected chi connectivity index (χ2v) is 7.60. The van der Waals surface area contributed by atoms with E-state index in [0.29, 0.717) is 26.9 Å². The molecule has 0 radical (unpaired) electrons. The molecule has 160 valence electrons. The molecule has 32 heavy (non-hydrogen) atoms. The van der Waals surface area contributed by atoms with Crippen LogP contribution in [0.15, 0.2) is 77.6 Å². The summed E-state index contributed by atoms with van der Waals surface area (Å²) in [6, 6.07) is 20.3. The number of carboxylic acids is 1. The van der Waals surface area contributed by atoms with Crippen molar-refractivity contribution in [3.63, 3.8) is 0 Å². The lowest BCUT2D eigenvalue weighted by molar-refractivity contribution is 0.0587. The van der Waals surface area contributed by atoms with Crippen molar-refractivity contribution in [1.29, 1.82) is 0 Å². The first-order chi connectivity index (χ1) is 15.4. The molecule has 0 bridgehead atoms. The van der Waals surface area contributed by atoms with Gasteiger partial charge in [0.1, 0.15) is 5.69 Å². The van der Waals surface area contributed by atoms with Crippen LogP contribution in [0.5, 0.6) is 0 Å². The van der Waals surface area contributed by atoms with Gasteiger partial charge in [0.25, 0.3) is 5.56 Å². The van der Waals surface area contributed by atoms with Crippen LogP contribution in [0.4, 0.5) is 0 Å². The number of fused-ring (bicyclic) bond motifs is 1. The third-order valence-electron chi connectivity index (χ3n) is 5.22. The topological polar surface area (TPSA) is 85.6 Å². The normalized spacial score (nSPS) is 10.8. The second-order valence-electron chi connectivity index (χ2n) is 7.16. The number of benzene rings is 3. The highest BCUT2D eigenvalue weighted by Gasteiger charge is 2.24. The molecular weight excluding hydrogens is 430 g/mol. The van der Waals surface area contributed by atoms with Crippen molar-refractivity contribution in [2.45, 2.75) is 6.54 Å². The van der Waals surface area contributed by atoms with Crippen molar-refractivity contribution in [2.75, 3.05) is 7.11 Å². The van der Waals surface area contributed by atoms with E-state index >= 15 is 0 Å². The van der Waals surface area contributed by atoms with E-state index in [-0.39, 0.29) is 23.4 Å². The summed E-state index contributed by atoms with van der Waals surface area (Å²) in [5.41, 5.74) is 1.66. The number of ether oxygens (including phenoxy) is 1. The van der Waals surface area contributed by atoms with Gasteiger partial charge in [0, 0.05) is 16.0 Å². The number of hydrogen-bond donors (Lipinski definition) is 1. The van der Waals surface area contributed by atoms with Crippen molar-refractivity contribution in [3.05, 3.63) is 105 Å². The van der Waals surface area contributed by atoms with Crippen molar-refractivity contribution in [1.82, 2.24) is 4.57 Å². The minimum Gasteiger partial charge on any atom is -0.478 e. The van der Waals surface area contributed by atoms with E-state index in [1.165, 1.54) is 23.8 Å². The fourth-order valence-corrected chi connectivity index (χ4v) is 3.89. The molecule has 0 unspecified atom stereocenters. The van der Waals surface area contributed by atoms with Crippen LogP contribution in [0, 0.1) is 0 Å². The molecule has 0 saturated carbocycles. The average molecular weight is 448 g/mol. The quantitative estimate of drug-likeness (QED) is 0.442. The molecule has 0 aliphatic carbocycles. The van der Waals surface area contributed by atoms with Crippen molar-refractivity contribution in [2.24, 2.45) is 0 Å². The maximum absolute atomic E-state index is 13.4. The van der Waals surface area contributed by atoms with Gasteiger partial charge in [-0.25, -0.2) is 9.59 Å².